The van der Waals surface area contributed by atoms with E-state index in [0.29, 0.717) is 6.42 Å². The Labute approximate surface area is 331 Å². The molecule has 58 heavy (non-hydrogen) atoms. The molecule has 0 aliphatic carbocycles. The second-order valence-electron chi connectivity index (χ2n) is 13.8. The predicted molar refractivity (Wildman–Crippen MR) is 196 cm³/mol. The zero-order chi connectivity index (χ0) is 43.3. The molecule has 16 N–H and O–H groups in total. The Morgan fingerprint density at radius 2 is 1.74 bits per heavy atom. The third kappa shape index (κ3) is 13.3. The maximum atomic E-state index is 14.0. The van der Waals surface area contributed by atoms with Crippen molar-refractivity contribution in [3.8, 4) is 0 Å². The molecule has 0 spiro atoms. The lowest BCUT2D eigenvalue weighted by atomic mass is 9.98. The zero-order valence-electron chi connectivity index (χ0n) is 31.9. The maximum Gasteiger partial charge on any atom is 0.329 e. The second-order valence-corrected chi connectivity index (χ2v) is 13.8. The van der Waals surface area contributed by atoms with Crippen LogP contribution in [0.25, 0.3) is 0 Å². The highest BCUT2D eigenvalue weighted by Crippen LogP contribution is 2.22. The number of carbonyl (C=O) groups is 7. The van der Waals surface area contributed by atoms with Crippen LogP contribution in [-0.2, 0) is 49.5 Å². The van der Waals surface area contributed by atoms with Gasteiger partial charge in [-0.15, -0.1) is 0 Å². The van der Waals surface area contributed by atoms with Crippen molar-refractivity contribution in [1.29, 1.82) is 0 Å². The Morgan fingerprint density at radius 1 is 1.03 bits per heavy atom. The smallest absolute Gasteiger partial charge is 0.329 e. The van der Waals surface area contributed by atoms with E-state index < -0.39 is 121 Å². The molecule has 1 aromatic rings. The number of nitrogens with two attached hydrogens (primary N) is 3. The van der Waals surface area contributed by atoms with Crippen LogP contribution in [0.5, 0.6) is 0 Å². The summed E-state index contributed by atoms with van der Waals surface area (Å²) in [6, 6.07) is -5.79. The molecule has 0 radical (unpaired) electrons. The quantitative estimate of drug-likeness (QED) is 0.0251. The van der Waals surface area contributed by atoms with Crippen molar-refractivity contribution in [2.45, 2.75) is 119 Å². The Bertz CT molecular complexity index is 1620. The first-order valence-corrected chi connectivity index (χ1v) is 18.3. The van der Waals surface area contributed by atoms with Crippen LogP contribution in [0.3, 0.4) is 0 Å². The molecular weight excluding hydrogens is 774 g/mol. The van der Waals surface area contributed by atoms with Gasteiger partial charge in [0.15, 0.2) is 12.2 Å². The van der Waals surface area contributed by atoms with E-state index in [4.69, 9.17) is 26.7 Å². The van der Waals surface area contributed by atoms with Crippen molar-refractivity contribution in [3.05, 3.63) is 18.2 Å². The minimum absolute atomic E-state index is 0.0811. The molecule has 3 rings (SSSR count). The maximum absolute atomic E-state index is 14.0. The first-order valence-electron chi connectivity index (χ1n) is 18.3. The van der Waals surface area contributed by atoms with Crippen LogP contribution in [0, 0.1) is 0 Å². The number of likely N-dealkylation sites (tertiary alicyclic amines) is 1. The fourth-order valence-electron chi connectivity index (χ4n) is 6.29. The molecule has 6 amide bonds. The molecule has 25 heteroatoms. The zero-order valence-corrected chi connectivity index (χ0v) is 31.9. The van der Waals surface area contributed by atoms with E-state index in [9.17, 15) is 59.1 Å². The van der Waals surface area contributed by atoms with Crippen LogP contribution >= 0.6 is 0 Å². The predicted octanol–water partition coefficient (Wildman–Crippen LogP) is -7.44. The summed E-state index contributed by atoms with van der Waals surface area (Å²) in [7, 11) is 0. The number of carbonyl (C=O) groups excluding carboxylic acids is 7. The van der Waals surface area contributed by atoms with Crippen molar-refractivity contribution < 1.29 is 68.6 Å². The van der Waals surface area contributed by atoms with E-state index in [1.54, 1.807) is 0 Å². The highest BCUT2D eigenvalue weighted by atomic mass is 16.6. The summed E-state index contributed by atoms with van der Waals surface area (Å²) >= 11 is 0. The molecular formula is C33H53N11O14. The van der Waals surface area contributed by atoms with Gasteiger partial charge in [-0.05, 0) is 32.6 Å². The molecule has 11 atom stereocenters. The largest absolute Gasteiger partial charge is 0.448 e. The number of nitrogens with one attached hydrogen (secondary N) is 5. The Balaban J connectivity index is 1.90. The summed E-state index contributed by atoms with van der Waals surface area (Å²) < 4.78 is 10.4. The number of nitrogens with zero attached hydrogens (tertiary/aromatic N) is 3. The van der Waals surface area contributed by atoms with Gasteiger partial charge in [-0.25, -0.2) is 9.78 Å². The number of esters is 1. The number of H-pyrrole nitrogens is 1. The van der Waals surface area contributed by atoms with Gasteiger partial charge in [-0.3, -0.25) is 33.8 Å². The Morgan fingerprint density at radius 3 is 2.33 bits per heavy atom. The number of amides is 6. The molecule has 0 aromatic carbocycles. The number of guanidine groups is 1. The molecule has 2 fully saturated rings. The lowest BCUT2D eigenvalue weighted by molar-refractivity contribution is -0.236. The number of aliphatic imine (C=N–C) groups is 1. The number of hydrogen-bond acceptors (Lipinski definition) is 16. The minimum Gasteiger partial charge on any atom is -0.448 e. The minimum atomic E-state index is -1.90. The normalized spacial score (nSPS) is 24.2. The first kappa shape index (κ1) is 46.9. The van der Waals surface area contributed by atoms with Crippen molar-refractivity contribution in [2.24, 2.45) is 22.2 Å². The molecule has 0 saturated carbocycles. The van der Waals surface area contributed by atoms with Crippen LogP contribution < -0.4 is 38.5 Å². The number of imidazole rings is 1. The number of primary amides is 1. The average molecular weight is 828 g/mol. The number of hydrogen-bond donors (Lipinski definition) is 13. The van der Waals surface area contributed by atoms with Crippen molar-refractivity contribution in [2.75, 3.05) is 19.7 Å². The highest BCUT2D eigenvalue weighted by Gasteiger charge is 2.45. The number of aliphatic hydroxyl groups excluding tert-OH is 5. The van der Waals surface area contributed by atoms with E-state index in [2.05, 4.69) is 36.2 Å². The van der Waals surface area contributed by atoms with Crippen LogP contribution in [0.1, 0.15) is 51.6 Å². The van der Waals surface area contributed by atoms with Gasteiger partial charge in [-0.1, -0.05) is 0 Å². The van der Waals surface area contributed by atoms with E-state index in [0.717, 1.165) is 6.92 Å². The van der Waals surface area contributed by atoms with E-state index in [-0.39, 0.29) is 50.4 Å². The summed E-state index contributed by atoms with van der Waals surface area (Å²) in [5.41, 5.74) is 16.3. The van der Waals surface area contributed by atoms with Gasteiger partial charge >= 0.3 is 5.97 Å². The lowest BCUT2D eigenvalue weighted by Gasteiger charge is -2.40. The number of aromatic amines is 1. The molecule has 2 saturated heterocycles. The number of aliphatic hydroxyl groups is 5. The molecule has 2 aliphatic heterocycles. The number of rotatable bonds is 20. The van der Waals surface area contributed by atoms with Gasteiger partial charge < -0.3 is 83.4 Å². The SMILES string of the molecule is CC(=O)N[C@@H](CCCN=C(N)N)C(=O)N1CCC[C@H]1C(=O)N[C@@H](CC(=O)N[C@@H]1O[C@H](CO)[C@@H](O)[C@H](O)[C@H]1O)C(=O)N[C@@H](Cc1cnc[nH]1)C(=O)O[C@H](C(N)=O)[C@@H](C)O. The summed E-state index contributed by atoms with van der Waals surface area (Å²) in [6.45, 7) is 1.75. The van der Waals surface area contributed by atoms with Gasteiger partial charge in [0, 0.05) is 38.3 Å². The third-order valence-corrected chi connectivity index (χ3v) is 9.22. The highest BCUT2D eigenvalue weighted by molar-refractivity contribution is 5.97. The average Bonchev–Trinajstić information content (AvgIpc) is 3.87. The number of aromatic nitrogens is 2. The van der Waals surface area contributed by atoms with Gasteiger partial charge in [0.2, 0.25) is 35.6 Å². The van der Waals surface area contributed by atoms with Crippen molar-refractivity contribution in [3.63, 3.8) is 0 Å². The lowest BCUT2D eigenvalue weighted by Crippen LogP contribution is -2.64. The van der Waals surface area contributed by atoms with Crippen LogP contribution in [0.15, 0.2) is 17.5 Å². The van der Waals surface area contributed by atoms with E-state index in [1.165, 1.54) is 24.3 Å². The molecule has 25 nitrogen and oxygen atoms in total. The summed E-state index contributed by atoms with van der Waals surface area (Å²) in [6.07, 6.45) is -9.88. The van der Waals surface area contributed by atoms with Gasteiger partial charge in [0.05, 0.1) is 25.5 Å². The summed E-state index contributed by atoms with van der Waals surface area (Å²) in [4.78, 5) is 104. The van der Waals surface area contributed by atoms with Gasteiger partial charge in [0.25, 0.3) is 5.91 Å². The molecule has 2 aliphatic rings. The van der Waals surface area contributed by atoms with Crippen LogP contribution in [0.2, 0.25) is 0 Å². The van der Waals surface area contributed by atoms with E-state index >= 15 is 0 Å². The van der Waals surface area contributed by atoms with E-state index in [1.807, 2.05) is 0 Å². The standard InChI is InChI=1S/C33H53N11O14/c1-14(46)26(27(34)52)58-32(56)19(9-16-11-37-13-39-16)42-28(53)18(10-22(48)43-30-25(51)24(50)23(49)21(12-45)57-30)41-29(54)20-6-4-8-44(20)31(55)17(40-15(2)47)5-3-7-38-33(35)36/h11,13-14,17-21,23-26,30,45-46,49-51H,3-10,12H2,1-2H3,(H2,34,52)(H,37,39)(H,40,47)(H,41,54)(H,42,53)(H,43,48)(H4,35,36,38)/t14-,17+,18+,19+,20+,21-,23-,24+,25-,26+,30-/m1/s1. The fourth-order valence-corrected chi connectivity index (χ4v) is 6.29. The van der Waals surface area contributed by atoms with Crippen molar-refractivity contribution >= 4 is 47.4 Å². The van der Waals surface area contributed by atoms with Gasteiger partial charge in [0.1, 0.15) is 48.6 Å². The Hall–Kier alpha value is -5.47. The van der Waals surface area contributed by atoms with Crippen LogP contribution in [-0.4, -0.2) is 174 Å². The molecule has 1 aromatic heterocycles. The second kappa shape index (κ2) is 21.9. The third-order valence-electron chi connectivity index (χ3n) is 9.22. The molecule has 0 bridgehead atoms. The van der Waals surface area contributed by atoms with Crippen molar-refractivity contribution in [1.82, 2.24) is 36.1 Å². The monoisotopic (exact) mass is 827 g/mol. The van der Waals surface area contributed by atoms with Gasteiger partial charge in [-0.2, -0.15) is 0 Å². The fraction of sp³-hybridized carbons (Fsp3) is 0.667. The summed E-state index contributed by atoms with van der Waals surface area (Å²) in [5.74, 6) is -6.92. The Kier molecular flexibility index (Phi) is 17.7. The topological polar surface area (TPSA) is 410 Å². The molecule has 324 valence electrons. The number of ether oxygens (including phenoxy) is 2. The van der Waals surface area contributed by atoms with Crippen LogP contribution in [0.4, 0.5) is 0 Å². The summed E-state index contributed by atoms with van der Waals surface area (Å²) in [5, 5.41) is 59.8. The molecule has 0 unspecified atom stereocenters. The molecule has 3 heterocycles. The first-order chi connectivity index (χ1) is 27.3.